The highest BCUT2D eigenvalue weighted by molar-refractivity contribution is 5.98. The maximum Gasteiger partial charge on any atom is 0.246 e. The van der Waals surface area contributed by atoms with Crippen molar-refractivity contribution >= 4 is 33.5 Å². The normalized spacial score (nSPS) is 19.4. The molecule has 182 valence electrons. The first-order valence-electron chi connectivity index (χ1n) is 12.5. The Balaban J connectivity index is 1.39. The molecule has 1 fully saturated rings. The summed E-state index contributed by atoms with van der Waals surface area (Å²) in [5.74, 6) is -0.659. The van der Waals surface area contributed by atoms with Gasteiger partial charge in [0.1, 0.15) is 18.4 Å². The van der Waals surface area contributed by atoms with Crippen molar-refractivity contribution in [2.24, 2.45) is 0 Å². The summed E-state index contributed by atoms with van der Waals surface area (Å²) in [6.45, 7) is -0.0121. The number of H-pyrrole nitrogens is 1. The van der Waals surface area contributed by atoms with Crippen LogP contribution in [0, 0.1) is 5.82 Å². The summed E-state index contributed by atoms with van der Waals surface area (Å²) in [7, 11) is 0. The summed E-state index contributed by atoms with van der Waals surface area (Å²) in [6.07, 6.45) is 0.416. The molecule has 1 saturated heterocycles. The minimum absolute atomic E-state index is 0.0707. The number of hydrogen-bond donors (Lipinski definition) is 1. The van der Waals surface area contributed by atoms with Crippen LogP contribution in [0.5, 0.6) is 0 Å². The molecule has 3 heterocycles. The number of hydrogen-bond acceptors (Lipinski definition) is 2. The number of para-hydroxylation sites is 1. The van der Waals surface area contributed by atoms with Gasteiger partial charge in [-0.25, -0.2) is 4.39 Å². The summed E-state index contributed by atoms with van der Waals surface area (Å²) in [4.78, 5) is 34.6. The third kappa shape index (κ3) is 3.36. The fraction of sp³-hybridized carbons (Fsp3) is 0.161. The van der Waals surface area contributed by atoms with Gasteiger partial charge >= 0.3 is 0 Å². The Morgan fingerprint density at radius 2 is 1.57 bits per heavy atom. The van der Waals surface area contributed by atoms with E-state index < -0.39 is 12.1 Å². The van der Waals surface area contributed by atoms with E-state index in [1.807, 2.05) is 42.5 Å². The van der Waals surface area contributed by atoms with E-state index in [-0.39, 0.29) is 30.7 Å². The maximum absolute atomic E-state index is 14.4. The number of rotatable bonds is 3. The van der Waals surface area contributed by atoms with Crippen LogP contribution in [0.3, 0.4) is 0 Å². The van der Waals surface area contributed by atoms with Gasteiger partial charge in [0.05, 0.1) is 6.04 Å². The zero-order valence-electron chi connectivity index (χ0n) is 20.0. The van der Waals surface area contributed by atoms with E-state index in [2.05, 4.69) is 29.2 Å². The van der Waals surface area contributed by atoms with Crippen molar-refractivity contribution in [2.75, 3.05) is 6.54 Å². The van der Waals surface area contributed by atoms with E-state index in [4.69, 9.17) is 0 Å². The van der Waals surface area contributed by atoms with Crippen LogP contribution in [-0.4, -0.2) is 39.2 Å². The van der Waals surface area contributed by atoms with Crippen LogP contribution >= 0.6 is 0 Å². The van der Waals surface area contributed by atoms with Crippen LogP contribution in [0.2, 0.25) is 0 Å². The largest absolute Gasteiger partial charge is 0.356 e. The van der Waals surface area contributed by atoms with Gasteiger partial charge in [-0.05, 0) is 34.0 Å². The number of nitrogens with zero attached hydrogens (tertiary/aromatic N) is 2. The Hall–Kier alpha value is -4.45. The first-order valence-corrected chi connectivity index (χ1v) is 12.5. The van der Waals surface area contributed by atoms with Gasteiger partial charge < -0.3 is 14.8 Å². The number of carbonyl (C=O) groups is 2. The quantitative estimate of drug-likeness (QED) is 0.372. The molecule has 2 aliphatic rings. The number of fused-ring (bicyclic) bond motifs is 5. The second-order valence-corrected chi connectivity index (χ2v) is 9.84. The molecule has 5 aromatic rings. The van der Waals surface area contributed by atoms with Crippen molar-refractivity contribution in [3.8, 4) is 0 Å². The van der Waals surface area contributed by atoms with E-state index in [0.29, 0.717) is 12.0 Å². The standard InChI is InChI=1S/C31H24FN3O2/c32-25-14-5-2-9-20(25)17-34-18-28(36)35-27(31(34)37)16-24-22-12-4-6-15-26(22)33-29(24)30(35)23-13-7-10-19-8-1-3-11-21(19)23/h1-15,27,30,33H,16-18H2/t27-,30?/m1/s1. The van der Waals surface area contributed by atoms with Crippen molar-refractivity contribution < 1.29 is 14.0 Å². The number of aromatic amines is 1. The Labute approximate surface area is 213 Å². The molecule has 37 heavy (non-hydrogen) atoms. The molecular formula is C31H24FN3O2. The van der Waals surface area contributed by atoms with Gasteiger partial charge in [0.25, 0.3) is 0 Å². The van der Waals surface area contributed by atoms with Gasteiger partial charge in [0, 0.05) is 35.1 Å². The average Bonchev–Trinajstić information content (AvgIpc) is 3.30. The molecule has 0 saturated carbocycles. The minimum Gasteiger partial charge on any atom is -0.356 e. The molecule has 5 nitrogen and oxygen atoms in total. The van der Waals surface area contributed by atoms with E-state index in [1.165, 1.54) is 11.0 Å². The molecular weight excluding hydrogens is 465 g/mol. The van der Waals surface area contributed by atoms with Crippen molar-refractivity contribution in [1.29, 1.82) is 0 Å². The molecule has 0 radical (unpaired) electrons. The van der Waals surface area contributed by atoms with Crippen LogP contribution in [0.15, 0.2) is 91.0 Å². The van der Waals surface area contributed by atoms with Crippen LogP contribution in [0.1, 0.15) is 28.4 Å². The number of aromatic nitrogens is 1. The second-order valence-electron chi connectivity index (χ2n) is 9.84. The number of halogens is 1. The second kappa shape index (κ2) is 8.30. The van der Waals surface area contributed by atoms with Crippen LogP contribution in [0.4, 0.5) is 4.39 Å². The predicted octanol–water partition coefficient (Wildman–Crippen LogP) is 5.35. The molecule has 0 bridgehead atoms. The molecule has 1 aromatic heterocycles. The molecule has 1 unspecified atom stereocenters. The third-order valence-electron chi connectivity index (χ3n) is 7.78. The Morgan fingerprint density at radius 3 is 2.43 bits per heavy atom. The van der Waals surface area contributed by atoms with Crippen molar-refractivity contribution in [3.05, 3.63) is 119 Å². The number of nitrogens with one attached hydrogen (secondary N) is 1. The first kappa shape index (κ1) is 21.8. The number of amides is 2. The monoisotopic (exact) mass is 489 g/mol. The number of carbonyl (C=O) groups excluding carboxylic acids is 2. The summed E-state index contributed by atoms with van der Waals surface area (Å²) in [6, 6.07) is 27.6. The van der Waals surface area contributed by atoms with E-state index in [1.54, 1.807) is 23.1 Å². The Bertz CT molecular complexity index is 1700. The third-order valence-corrected chi connectivity index (χ3v) is 7.78. The van der Waals surface area contributed by atoms with E-state index in [0.717, 1.165) is 38.5 Å². The van der Waals surface area contributed by atoms with Gasteiger partial charge in [0.15, 0.2) is 0 Å². The summed E-state index contributed by atoms with van der Waals surface area (Å²) >= 11 is 0. The lowest BCUT2D eigenvalue weighted by atomic mass is 9.84. The van der Waals surface area contributed by atoms with E-state index >= 15 is 0 Å². The molecule has 6 heteroatoms. The number of benzene rings is 4. The molecule has 4 aromatic carbocycles. The van der Waals surface area contributed by atoms with Gasteiger partial charge in [-0.2, -0.15) is 0 Å². The maximum atomic E-state index is 14.4. The SMILES string of the molecule is O=C1[C@H]2Cc3c([nH]c4ccccc34)C(c3cccc4ccccc34)N2C(=O)CN1Cc1ccccc1F. The van der Waals surface area contributed by atoms with Crippen molar-refractivity contribution in [2.45, 2.75) is 25.0 Å². The van der Waals surface area contributed by atoms with Crippen molar-refractivity contribution in [1.82, 2.24) is 14.8 Å². The fourth-order valence-electron chi connectivity index (χ4n) is 6.10. The lowest BCUT2D eigenvalue weighted by Crippen LogP contribution is -2.62. The highest BCUT2D eigenvalue weighted by Gasteiger charge is 2.48. The first-order chi connectivity index (χ1) is 18.1. The zero-order chi connectivity index (χ0) is 25.1. The van der Waals surface area contributed by atoms with Crippen LogP contribution < -0.4 is 0 Å². The molecule has 2 aliphatic heterocycles. The smallest absolute Gasteiger partial charge is 0.246 e. The summed E-state index contributed by atoms with van der Waals surface area (Å²) in [5.41, 5.74) is 4.40. The lowest BCUT2D eigenvalue weighted by Gasteiger charge is -2.47. The molecule has 2 atom stereocenters. The zero-order valence-corrected chi connectivity index (χ0v) is 20.0. The molecule has 0 aliphatic carbocycles. The van der Waals surface area contributed by atoms with Crippen molar-refractivity contribution in [3.63, 3.8) is 0 Å². The molecule has 2 amide bonds. The topological polar surface area (TPSA) is 56.4 Å². The highest BCUT2D eigenvalue weighted by atomic mass is 19.1. The summed E-state index contributed by atoms with van der Waals surface area (Å²) < 4.78 is 14.4. The number of piperazine rings is 1. The van der Waals surface area contributed by atoms with Crippen LogP contribution in [-0.2, 0) is 22.6 Å². The predicted molar refractivity (Wildman–Crippen MR) is 140 cm³/mol. The van der Waals surface area contributed by atoms with Gasteiger partial charge in [-0.15, -0.1) is 0 Å². The van der Waals surface area contributed by atoms with E-state index in [9.17, 15) is 14.0 Å². The average molecular weight is 490 g/mol. The van der Waals surface area contributed by atoms with Gasteiger partial charge in [-0.3, -0.25) is 9.59 Å². The lowest BCUT2D eigenvalue weighted by molar-refractivity contribution is -0.159. The van der Waals surface area contributed by atoms with Crippen LogP contribution in [0.25, 0.3) is 21.7 Å². The van der Waals surface area contributed by atoms with Gasteiger partial charge in [0.2, 0.25) is 11.8 Å². The molecule has 7 rings (SSSR count). The molecule has 1 N–H and O–H groups in total. The minimum atomic E-state index is -0.663. The molecule has 0 spiro atoms. The Morgan fingerprint density at radius 1 is 0.838 bits per heavy atom. The Kier molecular flexibility index (Phi) is 4.89. The fourth-order valence-corrected chi connectivity index (χ4v) is 6.10. The highest BCUT2D eigenvalue weighted by Crippen LogP contribution is 2.44. The van der Waals surface area contributed by atoms with Gasteiger partial charge in [-0.1, -0.05) is 78.9 Å². The summed E-state index contributed by atoms with van der Waals surface area (Å²) in [5, 5.41) is 3.19.